The summed E-state index contributed by atoms with van der Waals surface area (Å²) in [4.78, 5) is 11.2. The van der Waals surface area contributed by atoms with Gasteiger partial charge in [0.05, 0.1) is 17.5 Å². The highest BCUT2D eigenvalue weighted by molar-refractivity contribution is 7.89. The minimum atomic E-state index is -3.73. The Kier molecular flexibility index (Phi) is 4.53. The summed E-state index contributed by atoms with van der Waals surface area (Å²) >= 11 is 0. The molecule has 0 aliphatic carbocycles. The number of primary amides is 1. The van der Waals surface area contributed by atoms with Crippen LogP contribution in [0.3, 0.4) is 0 Å². The minimum Gasteiger partial charge on any atom is -0.493 e. The van der Waals surface area contributed by atoms with Gasteiger partial charge < -0.3 is 10.5 Å². The van der Waals surface area contributed by atoms with Crippen LogP contribution in [-0.4, -0.2) is 20.9 Å². The molecule has 3 N–H and O–H groups in total. The maximum atomic E-state index is 12.7. The number of sulfonamides is 1. The zero-order valence-electron chi connectivity index (χ0n) is 14.1. The van der Waals surface area contributed by atoms with Crippen LogP contribution < -0.4 is 15.2 Å². The van der Waals surface area contributed by atoms with E-state index in [2.05, 4.69) is 4.72 Å². The van der Waals surface area contributed by atoms with Gasteiger partial charge in [0, 0.05) is 17.5 Å². The summed E-state index contributed by atoms with van der Waals surface area (Å²) in [6, 6.07) is 9.17. The fourth-order valence-corrected chi connectivity index (χ4v) is 4.30. The second kappa shape index (κ2) is 6.50. The summed E-state index contributed by atoms with van der Waals surface area (Å²) in [5, 5.41) is 0. The molecule has 25 heavy (non-hydrogen) atoms. The molecule has 1 atom stereocenters. The van der Waals surface area contributed by atoms with Crippen molar-refractivity contribution in [2.24, 2.45) is 5.73 Å². The normalized spacial score (nSPS) is 16.8. The van der Waals surface area contributed by atoms with Crippen molar-refractivity contribution in [3.8, 4) is 5.75 Å². The number of hydrogen-bond acceptors (Lipinski definition) is 4. The van der Waals surface area contributed by atoms with Gasteiger partial charge in [-0.1, -0.05) is 17.7 Å². The molecule has 0 fully saturated rings. The maximum Gasteiger partial charge on any atom is 0.248 e. The second-order valence-corrected chi connectivity index (χ2v) is 7.91. The lowest BCUT2D eigenvalue weighted by Crippen LogP contribution is -2.32. The minimum absolute atomic E-state index is 0.0925. The lowest BCUT2D eigenvalue weighted by molar-refractivity contribution is 0.1000. The monoisotopic (exact) mass is 360 g/mol. The van der Waals surface area contributed by atoms with Gasteiger partial charge in [0.2, 0.25) is 15.9 Å². The molecule has 6 nitrogen and oxygen atoms in total. The molecule has 2 aromatic carbocycles. The Bertz CT molecular complexity index is 921. The number of rotatable bonds is 4. The molecule has 1 heterocycles. The van der Waals surface area contributed by atoms with Crippen molar-refractivity contribution in [3.63, 3.8) is 0 Å². The van der Waals surface area contributed by atoms with Crippen LogP contribution in [0.2, 0.25) is 0 Å². The second-order valence-electron chi connectivity index (χ2n) is 6.20. The summed E-state index contributed by atoms with van der Waals surface area (Å²) in [6.45, 7) is 4.37. The Morgan fingerprint density at radius 2 is 1.88 bits per heavy atom. The average Bonchev–Trinajstić information content (AvgIpc) is 2.55. The van der Waals surface area contributed by atoms with Crippen LogP contribution in [0.25, 0.3) is 0 Å². The van der Waals surface area contributed by atoms with E-state index in [4.69, 9.17) is 10.5 Å². The van der Waals surface area contributed by atoms with E-state index in [1.54, 1.807) is 0 Å². The number of amides is 1. The van der Waals surface area contributed by atoms with E-state index < -0.39 is 15.9 Å². The molecule has 0 aromatic heterocycles. The van der Waals surface area contributed by atoms with Crippen molar-refractivity contribution in [2.75, 3.05) is 6.61 Å². The van der Waals surface area contributed by atoms with Crippen molar-refractivity contribution in [3.05, 3.63) is 58.7 Å². The van der Waals surface area contributed by atoms with E-state index in [9.17, 15) is 13.2 Å². The van der Waals surface area contributed by atoms with E-state index in [1.165, 1.54) is 24.3 Å². The number of nitrogens with two attached hydrogens (primary N) is 1. The largest absolute Gasteiger partial charge is 0.493 e. The van der Waals surface area contributed by atoms with Gasteiger partial charge >= 0.3 is 0 Å². The molecule has 132 valence electrons. The molecule has 0 spiro atoms. The van der Waals surface area contributed by atoms with Gasteiger partial charge in [0.15, 0.2) is 0 Å². The van der Waals surface area contributed by atoms with Crippen LogP contribution in [0, 0.1) is 13.8 Å². The van der Waals surface area contributed by atoms with Gasteiger partial charge in [0.25, 0.3) is 0 Å². The van der Waals surface area contributed by atoms with Crippen molar-refractivity contribution in [1.82, 2.24) is 4.72 Å². The molecular formula is C18H20N2O4S. The summed E-state index contributed by atoms with van der Waals surface area (Å²) < 4.78 is 33.8. The molecule has 2 aromatic rings. The molecule has 1 amide bonds. The highest BCUT2D eigenvalue weighted by atomic mass is 32.2. The number of carbonyl (C=O) groups excluding carboxylic acids is 1. The van der Waals surface area contributed by atoms with Gasteiger partial charge in [-0.15, -0.1) is 0 Å². The number of hydrogen-bond donors (Lipinski definition) is 2. The number of ether oxygens (including phenoxy) is 1. The topological polar surface area (TPSA) is 98.5 Å². The van der Waals surface area contributed by atoms with E-state index in [0.717, 1.165) is 22.4 Å². The Morgan fingerprint density at radius 3 is 2.52 bits per heavy atom. The number of aryl methyl sites for hydroxylation is 2. The average molecular weight is 360 g/mol. The van der Waals surface area contributed by atoms with Gasteiger partial charge in [-0.2, -0.15) is 0 Å². The Hall–Kier alpha value is -2.38. The highest BCUT2D eigenvalue weighted by Crippen LogP contribution is 2.36. The Balaban J connectivity index is 1.91. The van der Waals surface area contributed by atoms with Crippen LogP contribution >= 0.6 is 0 Å². The van der Waals surface area contributed by atoms with E-state index in [-0.39, 0.29) is 16.5 Å². The standard InChI is InChI=1S/C18H20N2O4S/c1-11-9-12(2)17-15(10-11)16(7-8-24-17)20-25(22,23)14-5-3-13(4-6-14)18(19)21/h3-6,9-10,16,20H,7-8H2,1-2H3,(H2,19,21)/t16-/m0/s1. The molecule has 7 heteroatoms. The quantitative estimate of drug-likeness (QED) is 0.873. The first-order valence-corrected chi connectivity index (χ1v) is 9.42. The van der Waals surface area contributed by atoms with Crippen LogP contribution in [-0.2, 0) is 10.0 Å². The smallest absolute Gasteiger partial charge is 0.248 e. The molecule has 0 saturated heterocycles. The van der Waals surface area contributed by atoms with Gasteiger partial charge in [-0.25, -0.2) is 13.1 Å². The van der Waals surface area contributed by atoms with Crippen molar-refractivity contribution >= 4 is 15.9 Å². The van der Waals surface area contributed by atoms with Crippen molar-refractivity contribution in [1.29, 1.82) is 0 Å². The predicted octanol–water partition coefficient (Wildman–Crippen LogP) is 2.20. The zero-order valence-corrected chi connectivity index (χ0v) is 14.9. The summed E-state index contributed by atoms with van der Waals surface area (Å²) in [6.07, 6.45) is 0.550. The van der Waals surface area contributed by atoms with Crippen molar-refractivity contribution in [2.45, 2.75) is 31.2 Å². The highest BCUT2D eigenvalue weighted by Gasteiger charge is 2.28. The third-order valence-electron chi connectivity index (χ3n) is 4.22. The SMILES string of the molecule is Cc1cc(C)c2c(c1)[C@@H](NS(=O)(=O)c1ccc(C(N)=O)cc1)CCO2. The van der Waals surface area contributed by atoms with Crippen LogP contribution in [0.4, 0.5) is 0 Å². The fraction of sp³-hybridized carbons (Fsp3) is 0.278. The molecule has 0 unspecified atom stereocenters. The molecule has 3 rings (SSSR count). The number of benzene rings is 2. The Morgan fingerprint density at radius 1 is 1.20 bits per heavy atom. The molecule has 0 radical (unpaired) electrons. The first-order chi connectivity index (χ1) is 11.8. The summed E-state index contributed by atoms with van der Waals surface area (Å²) in [7, 11) is -3.73. The van der Waals surface area contributed by atoms with Crippen LogP contribution in [0.15, 0.2) is 41.3 Å². The lowest BCUT2D eigenvalue weighted by Gasteiger charge is -2.28. The van der Waals surface area contributed by atoms with E-state index >= 15 is 0 Å². The van der Waals surface area contributed by atoms with E-state index in [0.29, 0.717) is 13.0 Å². The third kappa shape index (κ3) is 3.52. The first kappa shape index (κ1) is 17.4. The molecule has 0 bridgehead atoms. The lowest BCUT2D eigenvalue weighted by atomic mass is 9.96. The number of carbonyl (C=O) groups is 1. The molecule has 0 saturated carbocycles. The van der Waals surface area contributed by atoms with Crippen molar-refractivity contribution < 1.29 is 17.9 Å². The number of fused-ring (bicyclic) bond motifs is 1. The van der Waals surface area contributed by atoms with E-state index in [1.807, 2.05) is 26.0 Å². The maximum absolute atomic E-state index is 12.7. The molecule has 1 aliphatic heterocycles. The predicted molar refractivity (Wildman–Crippen MR) is 94.1 cm³/mol. The molecule has 1 aliphatic rings. The summed E-state index contributed by atoms with van der Waals surface area (Å²) in [5.74, 6) is 0.148. The first-order valence-electron chi connectivity index (χ1n) is 7.94. The van der Waals surface area contributed by atoms with Gasteiger partial charge in [-0.05, 0) is 43.7 Å². The van der Waals surface area contributed by atoms with Gasteiger partial charge in [0.1, 0.15) is 5.75 Å². The Labute approximate surface area is 147 Å². The van der Waals surface area contributed by atoms with Crippen LogP contribution in [0.5, 0.6) is 5.75 Å². The zero-order chi connectivity index (χ0) is 18.2. The number of nitrogens with one attached hydrogen (secondary N) is 1. The summed E-state index contributed by atoms with van der Waals surface area (Å²) in [5.41, 5.74) is 8.34. The fourth-order valence-electron chi connectivity index (χ4n) is 3.05. The molecular weight excluding hydrogens is 340 g/mol. The van der Waals surface area contributed by atoms with Crippen LogP contribution in [0.1, 0.15) is 39.5 Å². The third-order valence-corrected chi connectivity index (χ3v) is 5.71. The van der Waals surface area contributed by atoms with Gasteiger partial charge in [-0.3, -0.25) is 4.79 Å².